The molecule has 3 rings (SSSR count). The van der Waals surface area contributed by atoms with Gasteiger partial charge < -0.3 is 0 Å². The second kappa shape index (κ2) is 4.03. The molecule has 1 amide bonds. The Balaban J connectivity index is 2.42. The van der Waals surface area contributed by atoms with E-state index in [1.165, 1.54) is 13.3 Å². The van der Waals surface area contributed by atoms with Gasteiger partial charge in [0.05, 0.1) is 5.39 Å². The van der Waals surface area contributed by atoms with Crippen LogP contribution in [0.3, 0.4) is 0 Å². The van der Waals surface area contributed by atoms with Crippen molar-refractivity contribution in [3.8, 4) is 0 Å². The van der Waals surface area contributed by atoms with Crippen LogP contribution < -0.4 is 4.90 Å². The van der Waals surface area contributed by atoms with Crippen molar-refractivity contribution in [3.63, 3.8) is 0 Å². The third-order valence-electron chi connectivity index (χ3n) is 2.95. The third-order valence-corrected chi connectivity index (χ3v) is 4.02. The molecule has 5 heteroatoms. The number of carbonyl (C=O) groups is 1. The van der Waals surface area contributed by atoms with Crippen LogP contribution >= 0.6 is 11.3 Å². The van der Waals surface area contributed by atoms with Gasteiger partial charge in [-0.1, -0.05) is 18.2 Å². The van der Waals surface area contributed by atoms with E-state index in [-0.39, 0.29) is 5.91 Å². The van der Waals surface area contributed by atoms with E-state index >= 15 is 0 Å². The molecule has 0 saturated heterocycles. The highest BCUT2D eigenvalue weighted by atomic mass is 32.1. The Morgan fingerprint density at radius 2 is 2.06 bits per heavy atom. The Morgan fingerprint density at radius 3 is 2.83 bits per heavy atom. The Morgan fingerprint density at radius 1 is 1.28 bits per heavy atom. The highest BCUT2D eigenvalue weighted by Crippen LogP contribution is 2.36. The first-order valence-corrected chi connectivity index (χ1v) is 6.36. The number of nitrogens with zero attached hydrogens (tertiary/aromatic N) is 3. The van der Waals surface area contributed by atoms with Gasteiger partial charge in [-0.2, -0.15) is 0 Å². The summed E-state index contributed by atoms with van der Waals surface area (Å²) in [5, 5.41) is 2.05. The molecule has 0 aliphatic carbocycles. The summed E-state index contributed by atoms with van der Waals surface area (Å²) in [4.78, 5) is 22.5. The lowest BCUT2D eigenvalue weighted by atomic mass is 10.2. The van der Waals surface area contributed by atoms with Crippen LogP contribution in [0.4, 0.5) is 5.82 Å². The zero-order valence-corrected chi connectivity index (χ0v) is 10.9. The van der Waals surface area contributed by atoms with Gasteiger partial charge in [0.25, 0.3) is 0 Å². The molecular weight excluding hydrogens is 246 g/mol. The van der Waals surface area contributed by atoms with Gasteiger partial charge in [-0.15, -0.1) is 11.3 Å². The van der Waals surface area contributed by atoms with Gasteiger partial charge in [0.2, 0.25) is 5.91 Å². The Labute approximate surface area is 108 Å². The SMILES string of the molecule is CC(=O)N(C)c1ncnc2sc3ccccc3c12. The van der Waals surface area contributed by atoms with Gasteiger partial charge in [-0.05, 0) is 6.07 Å². The van der Waals surface area contributed by atoms with Crippen LogP contribution in [0.2, 0.25) is 0 Å². The first kappa shape index (κ1) is 11.1. The molecule has 0 N–H and O–H groups in total. The van der Waals surface area contributed by atoms with Gasteiger partial charge in [0, 0.05) is 24.1 Å². The van der Waals surface area contributed by atoms with Crippen molar-refractivity contribution in [2.75, 3.05) is 11.9 Å². The number of benzene rings is 1. The Hall–Kier alpha value is -2.01. The molecule has 2 aromatic heterocycles. The van der Waals surface area contributed by atoms with Gasteiger partial charge >= 0.3 is 0 Å². The maximum absolute atomic E-state index is 11.5. The molecule has 0 bridgehead atoms. The molecule has 0 spiro atoms. The number of thiophene rings is 1. The molecule has 0 aliphatic rings. The number of rotatable bonds is 1. The molecule has 0 radical (unpaired) electrons. The predicted octanol–water partition coefficient (Wildman–Crippen LogP) is 2.83. The summed E-state index contributed by atoms with van der Waals surface area (Å²) in [5.41, 5.74) is 0. The van der Waals surface area contributed by atoms with E-state index in [0.29, 0.717) is 5.82 Å². The minimum atomic E-state index is -0.0368. The maximum Gasteiger partial charge on any atom is 0.224 e. The van der Waals surface area contributed by atoms with E-state index in [9.17, 15) is 4.79 Å². The third kappa shape index (κ3) is 1.55. The van der Waals surface area contributed by atoms with Gasteiger partial charge in [0.1, 0.15) is 17.0 Å². The number of carbonyl (C=O) groups excluding carboxylic acids is 1. The minimum absolute atomic E-state index is 0.0368. The minimum Gasteiger partial charge on any atom is -0.300 e. The lowest BCUT2D eigenvalue weighted by Crippen LogP contribution is -2.24. The zero-order chi connectivity index (χ0) is 12.7. The smallest absolute Gasteiger partial charge is 0.224 e. The fourth-order valence-corrected chi connectivity index (χ4v) is 2.98. The highest BCUT2D eigenvalue weighted by Gasteiger charge is 2.16. The topological polar surface area (TPSA) is 46.1 Å². The van der Waals surface area contributed by atoms with E-state index < -0.39 is 0 Å². The summed E-state index contributed by atoms with van der Waals surface area (Å²) < 4.78 is 1.16. The summed E-state index contributed by atoms with van der Waals surface area (Å²) >= 11 is 1.62. The van der Waals surface area contributed by atoms with E-state index in [1.54, 1.807) is 23.3 Å². The first-order chi connectivity index (χ1) is 8.68. The lowest BCUT2D eigenvalue weighted by molar-refractivity contribution is -0.116. The molecule has 90 valence electrons. The largest absolute Gasteiger partial charge is 0.300 e. The van der Waals surface area contributed by atoms with Crippen LogP contribution in [0, 0.1) is 0 Å². The number of amides is 1. The van der Waals surface area contributed by atoms with Crippen molar-refractivity contribution in [1.82, 2.24) is 9.97 Å². The second-order valence-corrected chi connectivity index (χ2v) is 5.08. The molecule has 0 atom stereocenters. The summed E-state index contributed by atoms with van der Waals surface area (Å²) in [7, 11) is 1.73. The quantitative estimate of drug-likeness (QED) is 0.673. The molecule has 4 nitrogen and oxygen atoms in total. The molecule has 0 fully saturated rings. The molecule has 18 heavy (non-hydrogen) atoms. The molecule has 0 aliphatic heterocycles. The Kier molecular flexibility index (Phi) is 2.48. The zero-order valence-electron chi connectivity index (χ0n) is 10.0. The predicted molar refractivity (Wildman–Crippen MR) is 74.0 cm³/mol. The fraction of sp³-hybridized carbons (Fsp3) is 0.154. The number of aromatic nitrogens is 2. The first-order valence-electron chi connectivity index (χ1n) is 5.55. The maximum atomic E-state index is 11.5. The summed E-state index contributed by atoms with van der Waals surface area (Å²) in [6, 6.07) is 8.08. The average molecular weight is 257 g/mol. The monoisotopic (exact) mass is 257 g/mol. The standard InChI is InChI=1S/C13H11N3OS/c1-8(17)16(2)12-11-9-5-3-4-6-10(9)18-13(11)15-7-14-12/h3-7H,1-2H3. The summed E-state index contributed by atoms with van der Waals surface area (Å²) in [5.74, 6) is 0.634. The molecule has 0 saturated carbocycles. The van der Waals surface area contributed by atoms with Crippen LogP contribution in [0.25, 0.3) is 20.3 Å². The van der Waals surface area contributed by atoms with Crippen molar-refractivity contribution in [2.45, 2.75) is 6.92 Å². The number of hydrogen-bond acceptors (Lipinski definition) is 4. The number of anilines is 1. The second-order valence-electron chi connectivity index (χ2n) is 4.05. The van der Waals surface area contributed by atoms with Crippen molar-refractivity contribution in [1.29, 1.82) is 0 Å². The molecule has 0 unspecified atom stereocenters. The molecule has 3 aromatic rings. The summed E-state index contributed by atoms with van der Waals surface area (Å²) in [6.07, 6.45) is 1.51. The normalized spacial score (nSPS) is 11.0. The number of hydrogen-bond donors (Lipinski definition) is 0. The average Bonchev–Trinajstić information content (AvgIpc) is 2.76. The van der Waals surface area contributed by atoms with Crippen LogP contribution in [0.15, 0.2) is 30.6 Å². The van der Waals surface area contributed by atoms with Gasteiger partial charge in [0.15, 0.2) is 0 Å². The van der Waals surface area contributed by atoms with Crippen LogP contribution in [-0.2, 0) is 4.79 Å². The molecule has 1 aromatic carbocycles. The lowest BCUT2D eigenvalue weighted by Gasteiger charge is -2.14. The highest BCUT2D eigenvalue weighted by molar-refractivity contribution is 7.25. The van der Waals surface area contributed by atoms with Crippen molar-refractivity contribution < 1.29 is 4.79 Å². The van der Waals surface area contributed by atoms with Crippen molar-refractivity contribution in [3.05, 3.63) is 30.6 Å². The van der Waals surface area contributed by atoms with Gasteiger partial charge in [-0.3, -0.25) is 9.69 Å². The fourth-order valence-electron chi connectivity index (χ4n) is 1.94. The van der Waals surface area contributed by atoms with E-state index in [2.05, 4.69) is 16.0 Å². The summed E-state index contributed by atoms with van der Waals surface area (Å²) in [6.45, 7) is 1.53. The van der Waals surface area contributed by atoms with Crippen LogP contribution in [0.5, 0.6) is 0 Å². The van der Waals surface area contributed by atoms with Crippen molar-refractivity contribution in [2.24, 2.45) is 0 Å². The Bertz CT molecular complexity index is 750. The van der Waals surface area contributed by atoms with E-state index in [0.717, 1.165) is 20.3 Å². The van der Waals surface area contributed by atoms with Crippen LogP contribution in [-0.4, -0.2) is 22.9 Å². The van der Waals surface area contributed by atoms with Crippen LogP contribution in [0.1, 0.15) is 6.92 Å². The van der Waals surface area contributed by atoms with Gasteiger partial charge in [-0.25, -0.2) is 9.97 Å². The molecular formula is C13H11N3OS. The van der Waals surface area contributed by atoms with Crippen molar-refractivity contribution >= 4 is 43.4 Å². The van der Waals surface area contributed by atoms with E-state index in [4.69, 9.17) is 0 Å². The number of fused-ring (bicyclic) bond motifs is 3. The van der Waals surface area contributed by atoms with E-state index in [1.807, 2.05) is 18.2 Å². The molecule has 2 heterocycles.